The molecule has 0 spiro atoms. The number of carbonyl (C=O) groups is 1. The maximum atomic E-state index is 12.9. The normalized spacial score (nSPS) is 25.8. The van der Waals surface area contributed by atoms with Gasteiger partial charge in [0.1, 0.15) is 5.82 Å². The molecule has 3 unspecified atom stereocenters. The third-order valence-electron chi connectivity index (χ3n) is 4.49. The maximum absolute atomic E-state index is 12.9. The van der Waals surface area contributed by atoms with Gasteiger partial charge in [0.05, 0.1) is 0 Å². The SMILES string of the molecule is CCc1cc(C(=O)N2CC(C)CC(C)C2C)cc(NN)n1. The molecular formula is C16H26N4O. The van der Waals surface area contributed by atoms with Crippen LogP contribution in [0.1, 0.15) is 50.2 Å². The Morgan fingerprint density at radius 2 is 2.14 bits per heavy atom. The van der Waals surface area contributed by atoms with Crippen LogP contribution < -0.4 is 11.3 Å². The molecule has 0 bridgehead atoms. The molecule has 1 aromatic heterocycles. The smallest absolute Gasteiger partial charge is 0.254 e. The molecule has 5 nitrogen and oxygen atoms in total. The summed E-state index contributed by atoms with van der Waals surface area (Å²) < 4.78 is 0. The van der Waals surface area contributed by atoms with Gasteiger partial charge in [-0.3, -0.25) is 4.79 Å². The minimum absolute atomic E-state index is 0.0782. The summed E-state index contributed by atoms with van der Waals surface area (Å²) in [5.74, 6) is 7.14. The van der Waals surface area contributed by atoms with Gasteiger partial charge in [0.25, 0.3) is 5.91 Å². The molecule has 2 heterocycles. The predicted molar refractivity (Wildman–Crippen MR) is 84.9 cm³/mol. The molecule has 21 heavy (non-hydrogen) atoms. The van der Waals surface area contributed by atoms with E-state index in [-0.39, 0.29) is 11.9 Å². The number of nitrogens with zero attached hydrogens (tertiary/aromatic N) is 2. The van der Waals surface area contributed by atoms with Crippen molar-refractivity contribution in [1.82, 2.24) is 9.88 Å². The van der Waals surface area contributed by atoms with Crippen molar-refractivity contribution in [3.05, 3.63) is 23.4 Å². The lowest BCUT2D eigenvalue weighted by molar-refractivity contribution is 0.0455. The van der Waals surface area contributed by atoms with Crippen LogP contribution in [0.5, 0.6) is 0 Å². The first kappa shape index (κ1) is 15.8. The average Bonchev–Trinajstić information content (AvgIpc) is 2.49. The Morgan fingerprint density at radius 1 is 1.43 bits per heavy atom. The molecule has 1 aliphatic rings. The van der Waals surface area contributed by atoms with Gasteiger partial charge in [-0.15, -0.1) is 0 Å². The largest absolute Gasteiger partial charge is 0.335 e. The van der Waals surface area contributed by atoms with Crippen LogP contribution >= 0.6 is 0 Å². The molecule has 5 heteroatoms. The number of pyridine rings is 1. The van der Waals surface area contributed by atoms with Crippen molar-refractivity contribution in [2.75, 3.05) is 12.0 Å². The molecule has 1 saturated heterocycles. The number of aryl methyl sites for hydroxylation is 1. The second-order valence-corrected chi connectivity index (χ2v) is 6.25. The van der Waals surface area contributed by atoms with Gasteiger partial charge in [-0.2, -0.15) is 0 Å². The van der Waals surface area contributed by atoms with E-state index in [0.29, 0.717) is 23.2 Å². The number of anilines is 1. The molecule has 0 saturated carbocycles. The van der Waals surface area contributed by atoms with E-state index in [2.05, 4.69) is 31.2 Å². The third-order valence-corrected chi connectivity index (χ3v) is 4.49. The molecule has 116 valence electrons. The number of hydrazine groups is 1. The third kappa shape index (κ3) is 3.35. The summed E-state index contributed by atoms with van der Waals surface area (Å²) in [4.78, 5) is 19.2. The van der Waals surface area contributed by atoms with Crippen LogP contribution in [0.4, 0.5) is 5.82 Å². The van der Waals surface area contributed by atoms with Gasteiger partial charge in [0.2, 0.25) is 0 Å². The maximum Gasteiger partial charge on any atom is 0.254 e. The van der Waals surface area contributed by atoms with Gasteiger partial charge in [-0.1, -0.05) is 20.8 Å². The van der Waals surface area contributed by atoms with E-state index >= 15 is 0 Å². The molecule has 0 aliphatic carbocycles. The molecule has 1 amide bonds. The van der Waals surface area contributed by atoms with E-state index in [1.54, 1.807) is 6.07 Å². The Morgan fingerprint density at radius 3 is 2.76 bits per heavy atom. The first-order chi connectivity index (χ1) is 9.96. The van der Waals surface area contributed by atoms with Gasteiger partial charge >= 0.3 is 0 Å². The summed E-state index contributed by atoms with van der Waals surface area (Å²) in [5.41, 5.74) is 4.09. The zero-order valence-electron chi connectivity index (χ0n) is 13.4. The quantitative estimate of drug-likeness (QED) is 0.662. The Balaban J connectivity index is 2.30. The van der Waals surface area contributed by atoms with Crippen LogP contribution in [-0.2, 0) is 6.42 Å². The predicted octanol–water partition coefficient (Wildman–Crippen LogP) is 2.44. The molecule has 1 aromatic rings. The number of amides is 1. The van der Waals surface area contributed by atoms with Crippen LogP contribution in [0.3, 0.4) is 0 Å². The molecule has 1 aliphatic heterocycles. The highest BCUT2D eigenvalue weighted by Gasteiger charge is 2.32. The fourth-order valence-electron chi connectivity index (χ4n) is 3.12. The summed E-state index contributed by atoms with van der Waals surface area (Å²) in [6.45, 7) is 9.40. The van der Waals surface area contributed by atoms with Gasteiger partial charge in [-0.05, 0) is 43.7 Å². The van der Waals surface area contributed by atoms with Crippen molar-refractivity contribution in [2.45, 2.75) is 46.6 Å². The monoisotopic (exact) mass is 290 g/mol. The van der Waals surface area contributed by atoms with Crippen molar-refractivity contribution < 1.29 is 4.79 Å². The minimum atomic E-state index is 0.0782. The Kier molecular flexibility index (Phi) is 4.83. The number of nitrogens with one attached hydrogen (secondary N) is 1. The van der Waals surface area contributed by atoms with Crippen molar-refractivity contribution in [2.24, 2.45) is 17.7 Å². The first-order valence-electron chi connectivity index (χ1n) is 7.74. The Hall–Kier alpha value is -1.62. The standard InChI is InChI=1S/C16H26N4O/c1-5-14-7-13(8-15(18-14)19-17)16(21)20-9-10(2)6-11(3)12(20)4/h7-8,10-12H,5-6,9,17H2,1-4H3,(H,18,19). The number of aromatic nitrogens is 1. The number of piperidine rings is 1. The molecular weight excluding hydrogens is 264 g/mol. The van der Waals surface area contributed by atoms with Crippen molar-refractivity contribution >= 4 is 11.7 Å². The summed E-state index contributed by atoms with van der Waals surface area (Å²) in [6.07, 6.45) is 1.95. The van der Waals surface area contributed by atoms with Crippen LogP contribution in [0.25, 0.3) is 0 Å². The van der Waals surface area contributed by atoms with Crippen LogP contribution in [0.2, 0.25) is 0 Å². The number of carbonyl (C=O) groups excluding carboxylic acids is 1. The van der Waals surface area contributed by atoms with Gasteiger partial charge in [0, 0.05) is 23.8 Å². The van der Waals surface area contributed by atoms with E-state index in [9.17, 15) is 4.79 Å². The lowest BCUT2D eigenvalue weighted by atomic mass is 9.85. The fraction of sp³-hybridized carbons (Fsp3) is 0.625. The van der Waals surface area contributed by atoms with Gasteiger partial charge < -0.3 is 10.3 Å². The lowest BCUT2D eigenvalue weighted by Gasteiger charge is -2.41. The van der Waals surface area contributed by atoms with Crippen LogP contribution in [-0.4, -0.2) is 28.4 Å². The number of nitrogen functional groups attached to an aromatic ring is 1. The minimum Gasteiger partial charge on any atom is -0.335 e. The van der Waals surface area contributed by atoms with Gasteiger partial charge in [-0.25, -0.2) is 10.8 Å². The summed E-state index contributed by atoms with van der Waals surface area (Å²) in [5, 5.41) is 0. The molecule has 0 aromatic carbocycles. The van der Waals surface area contributed by atoms with Crippen molar-refractivity contribution in [1.29, 1.82) is 0 Å². The van der Waals surface area contributed by atoms with Crippen LogP contribution in [0.15, 0.2) is 12.1 Å². The molecule has 3 atom stereocenters. The number of likely N-dealkylation sites (tertiary alicyclic amines) is 1. The van der Waals surface area contributed by atoms with E-state index < -0.39 is 0 Å². The number of hydrogen-bond acceptors (Lipinski definition) is 4. The fourth-order valence-corrected chi connectivity index (χ4v) is 3.12. The van der Waals surface area contributed by atoms with E-state index in [1.165, 1.54) is 6.42 Å². The number of hydrogen-bond donors (Lipinski definition) is 2. The highest BCUT2D eigenvalue weighted by Crippen LogP contribution is 2.28. The molecule has 1 fully saturated rings. The Bertz CT molecular complexity index is 495. The van der Waals surface area contributed by atoms with E-state index in [1.807, 2.05) is 17.9 Å². The van der Waals surface area contributed by atoms with E-state index in [4.69, 9.17) is 5.84 Å². The lowest BCUT2D eigenvalue weighted by Crippen LogP contribution is -2.48. The van der Waals surface area contributed by atoms with E-state index in [0.717, 1.165) is 18.7 Å². The number of nitrogens with two attached hydrogens (primary N) is 1. The van der Waals surface area contributed by atoms with Gasteiger partial charge in [0.15, 0.2) is 0 Å². The van der Waals surface area contributed by atoms with Crippen molar-refractivity contribution in [3.63, 3.8) is 0 Å². The molecule has 3 N–H and O–H groups in total. The second-order valence-electron chi connectivity index (χ2n) is 6.25. The summed E-state index contributed by atoms with van der Waals surface area (Å²) in [6, 6.07) is 3.87. The highest BCUT2D eigenvalue weighted by molar-refractivity contribution is 5.95. The first-order valence-corrected chi connectivity index (χ1v) is 7.74. The molecule has 0 radical (unpaired) electrons. The molecule has 2 rings (SSSR count). The zero-order chi connectivity index (χ0) is 15.6. The average molecular weight is 290 g/mol. The Labute approximate surface area is 126 Å². The van der Waals surface area contributed by atoms with Crippen LogP contribution in [0, 0.1) is 11.8 Å². The topological polar surface area (TPSA) is 71.2 Å². The highest BCUT2D eigenvalue weighted by atomic mass is 16.2. The summed E-state index contributed by atoms with van der Waals surface area (Å²) >= 11 is 0. The summed E-state index contributed by atoms with van der Waals surface area (Å²) in [7, 11) is 0. The second kappa shape index (κ2) is 6.43. The number of rotatable bonds is 3. The van der Waals surface area contributed by atoms with Crippen molar-refractivity contribution in [3.8, 4) is 0 Å². The zero-order valence-corrected chi connectivity index (χ0v) is 13.4.